The van der Waals surface area contributed by atoms with Crippen molar-refractivity contribution < 1.29 is 13.9 Å². The van der Waals surface area contributed by atoms with Gasteiger partial charge in [0.1, 0.15) is 5.82 Å². The second-order valence-corrected chi connectivity index (χ2v) is 5.03. The molecule has 0 unspecified atom stereocenters. The van der Waals surface area contributed by atoms with Crippen LogP contribution in [0.4, 0.5) is 4.39 Å². The van der Waals surface area contributed by atoms with E-state index in [-0.39, 0.29) is 11.4 Å². The van der Waals surface area contributed by atoms with Gasteiger partial charge in [0.25, 0.3) is 5.56 Å². The number of methoxy groups -OCH3 is 2. The molecule has 3 rings (SSSR count). The fraction of sp³-hybridized carbons (Fsp3) is 0.176. The normalized spacial score (nSPS) is 10.7. The van der Waals surface area contributed by atoms with Gasteiger partial charge in [0.05, 0.1) is 38.0 Å². The molecule has 0 aliphatic rings. The highest BCUT2D eigenvalue weighted by molar-refractivity contribution is 5.81. The molecule has 0 saturated carbocycles. The third-order valence-corrected chi connectivity index (χ3v) is 3.60. The average Bonchev–Trinajstić information content (AvgIpc) is 2.58. The predicted octanol–water partition coefficient (Wildman–Crippen LogP) is 2.60. The van der Waals surface area contributed by atoms with E-state index in [2.05, 4.69) is 4.98 Å². The maximum absolute atomic E-state index is 13.0. The van der Waals surface area contributed by atoms with E-state index in [9.17, 15) is 9.18 Å². The van der Waals surface area contributed by atoms with Crippen molar-refractivity contribution in [3.8, 4) is 11.5 Å². The molecule has 0 fully saturated rings. The van der Waals surface area contributed by atoms with Crippen molar-refractivity contribution >= 4 is 10.9 Å². The molecule has 118 valence electrons. The number of hydrogen-bond donors (Lipinski definition) is 0. The van der Waals surface area contributed by atoms with Crippen LogP contribution in [0.1, 0.15) is 5.56 Å². The number of fused-ring (bicyclic) bond motifs is 1. The lowest BCUT2D eigenvalue weighted by Gasteiger charge is -2.10. The third kappa shape index (κ3) is 2.88. The maximum Gasteiger partial charge on any atom is 0.261 e. The molecule has 3 aromatic rings. The number of ether oxygens (including phenoxy) is 2. The minimum Gasteiger partial charge on any atom is -0.493 e. The van der Waals surface area contributed by atoms with Gasteiger partial charge in [-0.2, -0.15) is 0 Å². The second-order valence-electron chi connectivity index (χ2n) is 5.03. The molecular weight excluding hydrogens is 299 g/mol. The number of nitrogens with zero attached hydrogens (tertiary/aromatic N) is 2. The molecule has 0 spiro atoms. The first-order valence-electron chi connectivity index (χ1n) is 6.98. The SMILES string of the molecule is COc1cc2ncn(Cc3ccc(F)cc3)c(=O)c2cc1OC. The molecule has 0 saturated heterocycles. The summed E-state index contributed by atoms with van der Waals surface area (Å²) in [4.78, 5) is 16.9. The van der Waals surface area contributed by atoms with Crippen molar-refractivity contribution in [2.45, 2.75) is 6.54 Å². The largest absolute Gasteiger partial charge is 0.493 e. The highest BCUT2D eigenvalue weighted by atomic mass is 19.1. The molecule has 0 amide bonds. The Balaban J connectivity index is 2.07. The van der Waals surface area contributed by atoms with Crippen LogP contribution in [-0.2, 0) is 6.54 Å². The van der Waals surface area contributed by atoms with E-state index in [1.807, 2.05) is 0 Å². The summed E-state index contributed by atoms with van der Waals surface area (Å²) in [6.45, 7) is 0.316. The Morgan fingerprint density at radius 3 is 2.39 bits per heavy atom. The van der Waals surface area contributed by atoms with Crippen LogP contribution in [0, 0.1) is 5.82 Å². The molecule has 0 atom stereocenters. The van der Waals surface area contributed by atoms with Gasteiger partial charge >= 0.3 is 0 Å². The number of halogens is 1. The average molecular weight is 314 g/mol. The molecule has 1 aromatic heterocycles. The van der Waals surface area contributed by atoms with Crippen molar-refractivity contribution in [3.05, 3.63) is 64.5 Å². The van der Waals surface area contributed by atoms with Crippen molar-refractivity contribution in [1.82, 2.24) is 9.55 Å². The van der Waals surface area contributed by atoms with Gasteiger partial charge in [-0.3, -0.25) is 9.36 Å². The Hall–Kier alpha value is -2.89. The van der Waals surface area contributed by atoms with Gasteiger partial charge in [0.15, 0.2) is 11.5 Å². The van der Waals surface area contributed by atoms with Crippen molar-refractivity contribution in [1.29, 1.82) is 0 Å². The van der Waals surface area contributed by atoms with E-state index >= 15 is 0 Å². The van der Waals surface area contributed by atoms with Crippen LogP contribution in [0.3, 0.4) is 0 Å². The number of rotatable bonds is 4. The molecule has 0 radical (unpaired) electrons. The van der Waals surface area contributed by atoms with Crippen LogP contribution in [0.2, 0.25) is 0 Å². The molecule has 0 N–H and O–H groups in total. The minimum atomic E-state index is -0.311. The summed E-state index contributed by atoms with van der Waals surface area (Å²) >= 11 is 0. The summed E-state index contributed by atoms with van der Waals surface area (Å²) in [5.74, 6) is 0.677. The first kappa shape index (κ1) is 15.0. The Morgan fingerprint density at radius 2 is 1.74 bits per heavy atom. The van der Waals surface area contributed by atoms with Gasteiger partial charge in [-0.1, -0.05) is 12.1 Å². The second kappa shape index (κ2) is 6.08. The highest BCUT2D eigenvalue weighted by Crippen LogP contribution is 2.29. The van der Waals surface area contributed by atoms with Gasteiger partial charge in [0.2, 0.25) is 0 Å². The fourth-order valence-corrected chi connectivity index (χ4v) is 2.38. The lowest BCUT2D eigenvalue weighted by atomic mass is 10.2. The monoisotopic (exact) mass is 314 g/mol. The van der Waals surface area contributed by atoms with Crippen molar-refractivity contribution in [2.24, 2.45) is 0 Å². The highest BCUT2D eigenvalue weighted by Gasteiger charge is 2.11. The number of hydrogen-bond acceptors (Lipinski definition) is 4. The Bertz CT molecular complexity index is 904. The summed E-state index contributed by atoms with van der Waals surface area (Å²) in [5.41, 5.74) is 1.15. The molecule has 1 heterocycles. The standard InChI is InChI=1S/C17H15FN2O3/c1-22-15-7-13-14(8-16(15)23-2)19-10-20(17(13)21)9-11-3-5-12(18)6-4-11/h3-8,10H,9H2,1-2H3. The van der Waals surface area contributed by atoms with E-state index in [1.54, 1.807) is 24.3 Å². The van der Waals surface area contributed by atoms with E-state index < -0.39 is 0 Å². The third-order valence-electron chi connectivity index (χ3n) is 3.60. The van der Waals surface area contributed by atoms with Crippen LogP contribution in [-0.4, -0.2) is 23.8 Å². The van der Waals surface area contributed by atoms with E-state index in [1.165, 1.54) is 37.2 Å². The molecule has 6 heteroatoms. The van der Waals surface area contributed by atoms with Gasteiger partial charge in [-0.25, -0.2) is 9.37 Å². The fourth-order valence-electron chi connectivity index (χ4n) is 2.38. The van der Waals surface area contributed by atoms with Crippen LogP contribution in [0.15, 0.2) is 47.5 Å². The molecule has 23 heavy (non-hydrogen) atoms. The molecule has 0 aliphatic heterocycles. The van der Waals surface area contributed by atoms with Crippen LogP contribution < -0.4 is 15.0 Å². The zero-order valence-electron chi connectivity index (χ0n) is 12.7. The predicted molar refractivity (Wildman–Crippen MR) is 84.6 cm³/mol. The van der Waals surface area contributed by atoms with E-state index in [0.29, 0.717) is 28.9 Å². The summed E-state index contributed by atoms with van der Waals surface area (Å²) < 4.78 is 24.9. The summed E-state index contributed by atoms with van der Waals surface area (Å²) in [7, 11) is 3.04. The van der Waals surface area contributed by atoms with Gasteiger partial charge in [-0.15, -0.1) is 0 Å². The quantitative estimate of drug-likeness (QED) is 0.743. The lowest BCUT2D eigenvalue weighted by molar-refractivity contribution is 0.355. The van der Waals surface area contributed by atoms with E-state index in [4.69, 9.17) is 9.47 Å². The summed E-state index contributed by atoms with van der Waals surface area (Å²) in [5, 5.41) is 0.437. The first-order chi connectivity index (χ1) is 11.1. The Kier molecular flexibility index (Phi) is 3.97. The molecule has 0 bridgehead atoms. The molecule has 0 aliphatic carbocycles. The summed E-state index contributed by atoms with van der Waals surface area (Å²) in [6.07, 6.45) is 1.47. The van der Waals surface area contributed by atoms with Crippen LogP contribution >= 0.6 is 0 Å². The maximum atomic E-state index is 13.0. The topological polar surface area (TPSA) is 53.4 Å². The smallest absolute Gasteiger partial charge is 0.261 e. The molecule has 5 nitrogen and oxygen atoms in total. The van der Waals surface area contributed by atoms with Gasteiger partial charge in [-0.05, 0) is 23.8 Å². The van der Waals surface area contributed by atoms with Gasteiger partial charge < -0.3 is 9.47 Å². The van der Waals surface area contributed by atoms with Crippen LogP contribution in [0.5, 0.6) is 11.5 Å². The number of aromatic nitrogens is 2. The number of benzene rings is 2. The lowest BCUT2D eigenvalue weighted by Crippen LogP contribution is -2.21. The Labute approximate surface area is 131 Å². The zero-order chi connectivity index (χ0) is 16.4. The van der Waals surface area contributed by atoms with Gasteiger partial charge in [0, 0.05) is 6.07 Å². The first-order valence-corrected chi connectivity index (χ1v) is 6.98. The minimum absolute atomic E-state index is 0.194. The Morgan fingerprint density at radius 1 is 1.09 bits per heavy atom. The van der Waals surface area contributed by atoms with Crippen LogP contribution in [0.25, 0.3) is 10.9 Å². The van der Waals surface area contributed by atoms with E-state index in [0.717, 1.165) is 5.56 Å². The van der Waals surface area contributed by atoms with Crippen molar-refractivity contribution in [3.63, 3.8) is 0 Å². The summed E-state index contributed by atoms with van der Waals surface area (Å²) in [6, 6.07) is 9.29. The zero-order valence-corrected chi connectivity index (χ0v) is 12.7. The molecule has 2 aromatic carbocycles. The molecular formula is C17H15FN2O3. The van der Waals surface area contributed by atoms with Crippen molar-refractivity contribution in [2.75, 3.05) is 14.2 Å².